The molecule has 0 aromatic rings. The standard InChI is InChI=1S/C17H30F2N2O2/c1-14(2,3)23-13(22)21-16(7-5-4-6-8-16)15(20)9-11-17(18,19)12-10-15/h4-12,20H2,1-3H3,(H,21,22). The summed E-state index contributed by atoms with van der Waals surface area (Å²) in [4.78, 5) is 12.3. The molecular weight excluding hydrogens is 302 g/mol. The van der Waals surface area contributed by atoms with E-state index in [1.807, 2.05) is 0 Å². The SMILES string of the molecule is CC(C)(C)OC(=O)NC1(C2(N)CCC(F)(F)CC2)CCCCC1. The lowest BCUT2D eigenvalue weighted by atomic mass is 9.62. The van der Waals surface area contributed by atoms with Crippen LogP contribution in [0.1, 0.15) is 78.6 Å². The van der Waals surface area contributed by atoms with Gasteiger partial charge in [0.05, 0.1) is 5.54 Å². The van der Waals surface area contributed by atoms with E-state index < -0.39 is 28.7 Å². The number of nitrogens with two attached hydrogens (primary N) is 1. The molecule has 0 radical (unpaired) electrons. The van der Waals surface area contributed by atoms with Crippen LogP contribution in [0.2, 0.25) is 0 Å². The van der Waals surface area contributed by atoms with E-state index in [-0.39, 0.29) is 25.7 Å². The molecule has 1 amide bonds. The maximum Gasteiger partial charge on any atom is 0.408 e. The summed E-state index contributed by atoms with van der Waals surface area (Å²) in [6.45, 7) is 5.42. The van der Waals surface area contributed by atoms with Crippen LogP contribution in [0, 0.1) is 0 Å². The zero-order valence-electron chi connectivity index (χ0n) is 14.5. The van der Waals surface area contributed by atoms with Crippen molar-refractivity contribution in [2.24, 2.45) is 5.73 Å². The molecule has 0 saturated heterocycles. The highest BCUT2D eigenvalue weighted by Gasteiger charge is 2.54. The van der Waals surface area contributed by atoms with Crippen molar-refractivity contribution < 1.29 is 18.3 Å². The summed E-state index contributed by atoms with van der Waals surface area (Å²) in [6.07, 6.45) is 4.00. The first-order valence-electron chi connectivity index (χ1n) is 8.65. The van der Waals surface area contributed by atoms with E-state index in [1.165, 1.54) is 0 Å². The molecule has 2 rings (SSSR count). The van der Waals surface area contributed by atoms with Crippen molar-refractivity contribution in [3.63, 3.8) is 0 Å². The second kappa shape index (κ2) is 6.19. The molecule has 2 aliphatic carbocycles. The van der Waals surface area contributed by atoms with Crippen LogP contribution in [-0.2, 0) is 4.74 Å². The van der Waals surface area contributed by atoms with E-state index in [4.69, 9.17) is 10.5 Å². The van der Waals surface area contributed by atoms with Crippen LogP contribution in [0.15, 0.2) is 0 Å². The predicted molar refractivity (Wildman–Crippen MR) is 85.5 cm³/mol. The largest absolute Gasteiger partial charge is 0.444 e. The summed E-state index contributed by atoms with van der Waals surface area (Å²) in [5.41, 5.74) is 4.58. The normalized spacial score (nSPS) is 26.3. The summed E-state index contributed by atoms with van der Waals surface area (Å²) in [7, 11) is 0. The van der Waals surface area contributed by atoms with E-state index in [0.29, 0.717) is 0 Å². The molecule has 0 aromatic carbocycles. The number of nitrogens with one attached hydrogen (secondary N) is 1. The van der Waals surface area contributed by atoms with Crippen molar-refractivity contribution in [2.45, 2.75) is 101 Å². The Morgan fingerprint density at radius 1 is 1.00 bits per heavy atom. The Balaban J connectivity index is 2.17. The lowest BCUT2D eigenvalue weighted by Gasteiger charge is -2.53. The molecule has 2 fully saturated rings. The second-order valence-corrected chi connectivity index (χ2v) is 8.28. The molecule has 0 unspecified atom stereocenters. The number of alkyl carbamates (subject to hydrolysis) is 1. The molecule has 2 saturated carbocycles. The van der Waals surface area contributed by atoms with Crippen molar-refractivity contribution in [1.82, 2.24) is 5.32 Å². The van der Waals surface area contributed by atoms with Crippen molar-refractivity contribution in [1.29, 1.82) is 0 Å². The third-order valence-electron chi connectivity index (χ3n) is 5.27. The van der Waals surface area contributed by atoms with Gasteiger partial charge in [0.25, 0.3) is 0 Å². The molecule has 3 N–H and O–H groups in total. The minimum absolute atomic E-state index is 0.207. The molecule has 0 aromatic heterocycles. The summed E-state index contributed by atoms with van der Waals surface area (Å²) < 4.78 is 32.5. The van der Waals surface area contributed by atoms with Crippen LogP contribution in [-0.4, -0.2) is 28.7 Å². The quantitative estimate of drug-likeness (QED) is 0.799. The topological polar surface area (TPSA) is 64.3 Å². The zero-order chi connectivity index (χ0) is 17.4. The molecule has 0 spiro atoms. The Kier molecular flexibility index (Phi) is 4.96. The van der Waals surface area contributed by atoms with Gasteiger partial charge in [-0.3, -0.25) is 0 Å². The minimum atomic E-state index is -2.63. The third kappa shape index (κ3) is 4.34. The van der Waals surface area contributed by atoms with Crippen molar-refractivity contribution in [2.75, 3.05) is 0 Å². The number of carbonyl (C=O) groups excluding carboxylic acids is 1. The Labute approximate surface area is 137 Å². The number of hydrogen-bond donors (Lipinski definition) is 2. The molecule has 0 bridgehead atoms. The van der Waals surface area contributed by atoms with Gasteiger partial charge in [0.2, 0.25) is 5.92 Å². The number of carbonyl (C=O) groups is 1. The summed E-state index contributed by atoms with van der Waals surface area (Å²) >= 11 is 0. The van der Waals surface area contributed by atoms with Gasteiger partial charge in [0, 0.05) is 18.4 Å². The van der Waals surface area contributed by atoms with Crippen LogP contribution < -0.4 is 11.1 Å². The molecule has 0 aliphatic heterocycles. The van der Waals surface area contributed by atoms with Crippen LogP contribution >= 0.6 is 0 Å². The van der Waals surface area contributed by atoms with E-state index in [0.717, 1.165) is 32.1 Å². The number of amides is 1. The Morgan fingerprint density at radius 3 is 2.00 bits per heavy atom. The molecule has 4 nitrogen and oxygen atoms in total. The van der Waals surface area contributed by atoms with Gasteiger partial charge in [0.1, 0.15) is 5.60 Å². The van der Waals surface area contributed by atoms with E-state index in [9.17, 15) is 13.6 Å². The van der Waals surface area contributed by atoms with Gasteiger partial charge in [-0.05, 0) is 46.5 Å². The van der Waals surface area contributed by atoms with Crippen LogP contribution in [0.5, 0.6) is 0 Å². The van der Waals surface area contributed by atoms with Crippen molar-refractivity contribution in [3.8, 4) is 0 Å². The Morgan fingerprint density at radius 2 is 1.52 bits per heavy atom. The van der Waals surface area contributed by atoms with E-state index in [2.05, 4.69) is 5.32 Å². The van der Waals surface area contributed by atoms with Gasteiger partial charge in [-0.15, -0.1) is 0 Å². The lowest BCUT2D eigenvalue weighted by molar-refractivity contribution is -0.0696. The maximum absolute atomic E-state index is 13.6. The molecular formula is C17H30F2N2O2. The Hall–Kier alpha value is -0.910. The fraction of sp³-hybridized carbons (Fsp3) is 0.941. The summed E-state index contributed by atoms with van der Waals surface area (Å²) in [5, 5.41) is 3.00. The summed E-state index contributed by atoms with van der Waals surface area (Å²) in [6, 6.07) is 0. The van der Waals surface area contributed by atoms with Crippen LogP contribution in [0.3, 0.4) is 0 Å². The smallest absolute Gasteiger partial charge is 0.408 e. The number of hydrogen-bond acceptors (Lipinski definition) is 3. The average Bonchev–Trinajstić information content (AvgIpc) is 2.41. The van der Waals surface area contributed by atoms with Gasteiger partial charge >= 0.3 is 6.09 Å². The fourth-order valence-corrected chi connectivity index (χ4v) is 3.94. The van der Waals surface area contributed by atoms with Gasteiger partial charge in [-0.2, -0.15) is 0 Å². The summed E-state index contributed by atoms with van der Waals surface area (Å²) in [5.74, 6) is -2.63. The molecule has 2 aliphatic rings. The Bertz CT molecular complexity index is 430. The molecule has 0 heterocycles. The first-order chi connectivity index (χ1) is 10.5. The van der Waals surface area contributed by atoms with Gasteiger partial charge in [-0.1, -0.05) is 19.3 Å². The highest BCUT2D eigenvalue weighted by Crippen LogP contribution is 2.47. The third-order valence-corrected chi connectivity index (χ3v) is 5.27. The van der Waals surface area contributed by atoms with Crippen LogP contribution in [0.4, 0.5) is 13.6 Å². The monoisotopic (exact) mass is 332 g/mol. The molecule has 0 atom stereocenters. The van der Waals surface area contributed by atoms with Crippen molar-refractivity contribution >= 4 is 6.09 Å². The zero-order valence-corrected chi connectivity index (χ0v) is 14.5. The lowest BCUT2D eigenvalue weighted by Crippen LogP contribution is -2.71. The van der Waals surface area contributed by atoms with Gasteiger partial charge in [0.15, 0.2) is 0 Å². The number of alkyl halides is 2. The predicted octanol–water partition coefficient (Wildman–Crippen LogP) is 4.12. The molecule has 6 heteroatoms. The van der Waals surface area contributed by atoms with E-state index in [1.54, 1.807) is 20.8 Å². The highest BCUT2D eigenvalue weighted by atomic mass is 19.3. The molecule has 23 heavy (non-hydrogen) atoms. The second-order valence-electron chi connectivity index (χ2n) is 8.28. The van der Waals surface area contributed by atoms with Crippen molar-refractivity contribution in [3.05, 3.63) is 0 Å². The van der Waals surface area contributed by atoms with Crippen LogP contribution in [0.25, 0.3) is 0 Å². The number of rotatable bonds is 2. The first-order valence-corrected chi connectivity index (χ1v) is 8.65. The van der Waals surface area contributed by atoms with Gasteiger partial charge in [-0.25, -0.2) is 13.6 Å². The average molecular weight is 332 g/mol. The fourth-order valence-electron chi connectivity index (χ4n) is 3.94. The maximum atomic E-state index is 13.6. The van der Waals surface area contributed by atoms with E-state index >= 15 is 0 Å². The first kappa shape index (κ1) is 18.4. The minimum Gasteiger partial charge on any atom is -0.444 e. The van der Waals surface area contributed by atoms with Gasteiger partial charge < -0.3 is 15.8 Å². The number of ether oxygens (including phenoxy) is 1. The molecule has 134 valence electrons. The number of halogens is 2. The highest BCUT2D eigenvalue weighted by molar-refractivity contribution is 5.69.